The number of nitrogens with zero attached hydrogens (tertiary/aromatic N) is 3. The Bertz CT molecular complexity index is 805. The minimum absolute atomic E-state index is 0.230. The van der Waals surface area contributed by atoms with Crippen molar-refractivity contribution in [3.63, 3.8) is 0 Å². The van der Waals surface area contributed by atoms with E-state index in [0.717, 1.165) is 30.9 Å². The molecular formula is C20H28N4O4S. The molecule has 2 amide bonds. The van der Waals surface area contributed by atoms with E-state index in [1.165, 1.54) is 11.3 Å². The second-order valence-electron chi connectivity index (χ2n) is 7.97. The van der Waals surface area contributed by atoms with E-state index in [1.54, 1.807) is 11.0 Å². The van der Waals surface area contributed by atoms with Gasteiger partial charge in [0.25, 0.3) is 5.91 Å². The van der Waals surface area contributed by atoms with Crippen molar-refractivity contribution in [2.45, 2.75) is 32.8 Å². The number of nitrogens with one attached hydrogen (secondary N) is 1. The van der Waals surface area contributed by atoms with E-state index in [1.807, 2.05) is 38.3 Å². The Hall–Kier alpha value is -2.39. The summed E-state index contributed by atoms with van der Waals surface area (Å²) in [6.45, 7) is 9.97. The number of amides is 2. The number of hydrogen-bond acceptors (Lipinski definition) is 7. The molecule has 9 heteroatoms. The van der Waals surface area contributed by atoms with Crippen molar-refractivity contribution < 1.29 is 18.8 Å². The molecule has 2 aromatic rings. The summed E-state index contributed by atoms with van der Waals surface area (Å²) in [5.41, 5.74) is -0.180. The lowest BCUT2D eigenvalue weighted by Crippen LogP contribution is -2.50. The highest BCUT2D eigenvalue weighted by Gasteiger charge is 2.25. The Morgan fingerprint density at radius 3 is 2.69 bits per heavy atom. The Balaban J connectivity index is 1.33. The Labute approximate surface area is 174 Å². The fraction of sp³-hybridized carbons (Fsp3) is 0.550. The minimum atomic E-state index is -0.471. The summed E-state index contributed by atoms with van der Waals surface area (Å²) in [5.74, 6) is 0.374. The van der Waals surface area contributed by atoms with Crippen LogP contribution in [0.5, 0.6) is 0 Å². The number of piperazine rings is 1. The van der Waals surface area contributed by atoms with Crippen LogP contribution in [0.2, 0.25) is 0 Å². The summed E-state index contributed by atoms with van der Waals surface area (Å²) in [5, 5.41) is 8.68. The van der Waals surface area contributed by atoms with Gasteiger partial charge >= 0.3 is 6.09 Å². The first-order valence-electron chi connectivity index (χ1n) is 9.81. The first-order chi connectivity index (χ1) is 13.8. The molecule has 8 nitrogen and oxygen atoms in total. The van der Waals surface area contributed by atoms with Crippen LogP contribution in [0.15, 0.2) is 28.1 Å². The Kier molecular flexibility index (Phi) is 6.92. The highest BCUT2D eigenvalue weighted by Crippen LogP contribution is 2.25. The third kappa shape index (κ3) is 6.30. The summed E-state index contributed by atoms with van der Waals surface area (Å²) < 4.78 is 10.7. The third-order valence-corrected chi connectivity index (χ3v) is 5.35. The van der Waals surface area contributed by atoms with Gasteiger partial charge in [0.1, 0.15) is 5.60 Å². The van der Waals surface area contributed by atoms with Crippen LogP contribution in [0.25, 0.3) is 10.6 Å². The number of carbonyl (C=O) groups excluding carboxylic acids is 2. The maximum absolute atomic E-state index is 12.2. The van der Waals surface area contributed by atoms with Crippen LogP contribution in [-0.2, 0) is 4.74 Å². The fourth-order valence-corrected chi connectivity index (χ4v) is 3.67. The van der Waals surface area contributed by atoms with Crippen LogP contribution >= 0.6 is 11.3 Å². The quantitative estimate of drug-likeness (QED) is 0.723. The summed E-state index contributed by atoms with van der Waals surface area (Å²) >= 11 is 1.54. The van der Waals surface area contributed by atoms with Crippen LogP contribution in [0.4, 0.5) is 4.79 Å². The van der Waals surface area contributed by atoms with Crippen molar-refractivity contribution in [2.75, 3.05) is 39.3 Å². The molecule has 1 saturated heterocycles. The standard InChI is InChI=1S/C20H28N4O4S/c1-20(2,3)27-19(26)24-11-9-23(10-12-24)8-5-7-21-18(25)15-14-16(28-22-15)17-6-4-13-29-17/h4,6,13-14H,5,7-12H2,1-3H3,(H,21,25). The second-order valence-corrected chi connectivity index (χ2v) is 8.92. The average Bonchev–Trinajstić information content (AvgIpc) is 3.35. The first kappa shape index (κ1) is 21.3. The van der Waals surface area contributed by atoms with Crippen LogP contribution in [0.3, 0.4) is 0 Å². The summed E-state index contributed by atoms with van der Waals surface area (Å²) in [7, 11) is 0. The van der Waals surface area contributed by atoms with E-state index in [9.17, 15) is 9.59 Å². The molecule has 3 rings (SSSR count). The Morgan fingerprint density at radius 1 is 1.28 bits per heavy atom. The lowest BCUT2D eigenvalue weighted by Gasteiger charge is -2.35. The first-order valence-corrected chi connectivity index (χ1v) is 10.7. The third-order valence-electron chi connectivity index (χ3n) is 4.47. The van der Waals surface area contributed by atoms with Gasteiger partial charge in [-0.05, 0) is 45.2 Å². The highest BCUT2D eigenvalue weighted by molar-refractivity contribution is 7.13. The maximum atomic E-state index is 12.2. The van der Waals surface area contributed by atoms with Gasteiger partial charge in [0, 0.05) is 38.8 Å². The molecule has 1 aliphatic rings. The molecule has 158 valence electrons. The molecule has 1 aliphatic heterocycles. The van der Waals surface area contributed by atoms with Crippen LogP contribution < -0.4 is 5.32 Å². The zero-order valence-corrected chi connectivity index (χ0v) is 18.0. The van der Waals surface area contributed by atoms with E-state index in [2.05, 4.69) is 15.4 Å². The molecule has 0 unspecified atom stereocenters. The molecule has 0 bridgehead atoms. The molecule has 0 aromatic carbocycles. The van der Waals surface area contributed by atoms with Gasteiger partial charge in [-0.1, -0.05) is 11.2 Å². The number of hydrogen-bond donors (Lipinski definition) is 1. The van der Waals surface area contributed by atoms with E-state index in [4.69, 9.17) is 9.26 Å². The number of carbonyl (C=O) groups is 2. The van der Waals surface area contributed by atoms with Crippen LogP contribution in [0, 0.1) is 0 Å². The predicted molar refractivity (Wildman–Crippen MR) is 111 cm³/mol. The monoisotopic (exact) mass is 420 g/mol. The molecule has 29 heavy (non-hydrogen) atoms. The predicted octanol–water partition coefficient (Wildman–Crippen LogP) is 3.08. The van der Waals surface area contributed by atoms with Crippen molar-refractivity contribution in [1.29, 1.82) is 0 Å². The van der Waals surface area contributed by atoms with Crippen molar-refractivity contribution in [3.05, 3.63) is 29.3 Å². The molecule has 1 N–H and O–H groups in total. The maximum Gasteiger partial charge on any atom is 0.410 e. The number of aromatic nitrogens is 1. The molecule has 0 atom stereocenters. The summed E-state index contributed by atoms with van der Waals surface area (Å²) in [4.78, 5) is 29.3. The topological polar surface area (TPSA) is 87.9 Å². The lowest BCUT2D eigenvalue weighted by molar-refractivity contribution is 0.0144. The Morgan fingerprint density at radius 2 is 2.03 bits per heavy atom. The van der Waals surface area contributed by atoms with E-state index in [-0.39, 0.29) is 12.0 Å². The molecule has 0 radical (unpaired) electrons. The average molecular weight is 421 g/mol. The van der Waals surface area contributed by atoms with E-state index in [0.29, 0.717) is 31.1 Å². The van der Waals surface area contributed by atoms with Gasteiger partial charge in [0.2, 0.25) is 0 Å². The number of ether oxygens (including phenoxy) is 1. The molecule has 0 aliphatic carbocycles. The SMILES string of the molecule is CC(C)(C)OC(=O)N1CCN(CCCNC(=O)c2cc(-c3cccs3)on2)CC1. The molecule has 1 fully saturated rings. The zero-order chi connectivity index (χ0) is 20.9. The summed E-state index contributed by atoms with van der Waals surface area (Å²) in [6, 6.07) is 5.52. The van der Waals surface area contributed by atoms with Crippen LogP contribution in [-0.4, -0.2) is 71.8 Å². The summed E-state index contributed by atoms with van der Waals surface area (Å²) in [6.07, 6.45) is 0.576. The van der Waals surface area contributed by atoms with Crippen molar-refractivity contribution >= 4 is 23.3 Å². The van der Waals surface area contributed by atoms with Gasteiger partial charge in [0.15, 0.2) is 11.5 Å². The van der Waals surface area contributed by atoms with Crippen molar-refractivity contribution in [3.8, 4) is 10.6 Å². The van der Waals surface area contributed by atoms with Crippen LogP contribution in [0.1, 0.15) is 37.7 Å². The van der Waals surface area contributed by atoms with Gasteiger partial charge in [-0.3, -0.25) is 9.69 Å². The van der Waals surface area contributed by atoms with Crippen molar-refractivity contribution in [2.24, 2.45) is 0 Å². The van der Waals surface area contributed by atoms with Gasteiger partial charge in [-0.15, -0.1) is 11.3 Å². The van der Waals surface area contributed by atoms with Crippen molar-refractivity contribution in [1.82, 2.24) is 20.3 Å². The molecule has 3 heterocycles. The molecule has 0 saturated carbocycles. The number of rotatable bonds is 6. The lowest BCUT2D eigenvalue weighted by atomic mass is 10.2. The largest absolute Gasteiger partial charge is 0.444 e. The molecule has 0 spiro atoms. The minimum Gasteiger partial charge on any atom is -0.444 e. The smallest absolute Gasteiger partial charge is 0.410 e. The molecular weight excluding hydrogens is 392 g/mol. The van der Waals surface area contributed by atoms with Gasteiger partial charge < -0.3 is 19.5 Å². The van der Waals surface area contributed by atoms with Gasteiger partial charge in [-0.25, -0.2) is 4.79 Å². The van der Waals surface area contributed by atoms with E-state index >= 15 is 0 Å². The normalized spacial score (nSPS) is 15.3. The van der Waals surface area contributed by atoms with Gasteiger partial charge in [0.05, 0.1) is 4.88 Å². The fourth-order valence-electron chi connectivity index (χ4n) is 2.99. The highest BCUT2D eigenvalue weighted by atomic mass is 32.1. The van der Waals surface area contributed by atoms with E-state index < -0.39 is 5.60 Å². The second kappa shape index (κ2) is 9.41. The molecule has 2 aromatic heterocycles. The zero-order valence-electron chi connectivity index (χ0n) is 17.1. The van der Waals surface area contributed by atoms with Gasteiger partial charge in [-0.2, -0.15) is 0 Å². The number of thiophene rings is 1.